The van der Waals surface area contributed by atoms with Crippen LogP contribution in [0.4, 0.5) is 0 Å². The van der Waals surface area contributed by atoms with E-state index in [0.29, 0.717) is 35.7 Å². The first-order valence-electron chi connectivity index (χ1n) is 7.34. The fourth-order valence-electron chi connectivity index (χ4n) is 3.66. The summed E-state index contributed by atoms with van der Waals surface area (Å²) in [5.74, 6) is 1.12. The van der Waals surface area contributed by atoms with Crippen LogP contribution in [-0.2, 0) is 10.0 Å². The van der Waals surface area contributed by atoms with Gasteiger partial charge in [0, 0.05) is 19.0 Å². The fraction of sp³-hybridized carbons (Fsp3) is 0.412. The summed E-state index contributed by atoms with van der Waals surface area (Å²) in [6.45, 7) is 9.08. The van der Waals surface area contributed by atoms with Gasteiger partial charge in [0.15, 0.2) is 0 Å². The molecule has 3 rings (SSSR count). The highest BCUT2D eigenvalue weighted by molar-refractivity contribution is 7.89. The molecule has 112 valence electrons. The number of rotatable bonds is 3. The molecule has 2 aliphatic rings. The number of benzene rings is 1. The molecule has 21 heavy (non-hydrogen) atoms. The number of hydrogen-bond acceptors (Lipinski definition) is 2. The van der Waals surface area contributed by atoms with Gasteiger partial charge in [-0.2, -0.15) is 4.31 Å². The van der Waals surface area contributed by atoms with Gasteiger partial charge in [0.05, 0.1) is 4.90 Å². The molecule has 0 bridgehead atoms. The number of sulfonamides is 1. The maximum absolute atomic E-state index is 12.7. The van der Waals surface area contributed by atoms with E-state index >= 15 is 0 Å². The lowest BCUT2D eigenvalue weighted by molar-refractivity contribution is 0.275. The minimum absolute atomic E-state index is 0.346. The molecule has 1 aromatic rings. The van der Waals surface area contributed by atoms with Crippen molar-refractivity contribution in [1.29, 1.82) is 0 Å². The standard InChI is InChI=1S/C17H21NO2S/c1-4-14-15(5-2)17-11-18(10-16(14)17)21(19,20)13-8-6-12(3)7-9-13/h4-9,14,16-17H,1,10-11H2,2-3H3/b15-5-/t14-,16-,17+/m1/s1. The number of fused-ring (bicyclic) bond motifs is 1. The van der Waals surface area contributed by atoms with Gasteiger partial charge in [0.25, 0.3) is 0 Å². The van der Waals surface area contributed by atoms with Crippen molar-refractivity contribution in [2.45, 2.75) is 18.7 Å². The Morgan fingerprint density at radius 3 is 2.48 bits per heavy atom. The van der Waals surface area contributed by atoms with E-state index in [-0.39, 0.29) is 0 Å². The molecule has 3 nitrogen and oxygen atoms in total. The number of hydrogen-bond donors (Lipinski definition) is 0. The Labute approximate surface area is 127 Å². The van der Waals surface area contributed by atoms with Crippen LogP contribution in [0, 0.1) is 24.7 Å². The Kier molecular flexibility index (Phi) is 3.54. The van der Waals surface area contributed by atoms with Crippen LogP contribution in [-0.4, -0.2) is 25.8 Å². The molecular weight excluding hydrogens is 282 g/mol. The Bertz CT molecular complexity index is 688. The first-order chi connectivity index (χ1) is 9.98. The SMILES string of the molecule is C=C[C@@H]1/C(=C/C)[C@@H]2CN(S(=O)(=O)c3ccc(C)cc3)C[C@H]12. The second-order valence-electron chi connectivity index (χ2n) is 5.96. The van der Waals surface area contributed by atoms with Gasteiger partial charge >= 0.3 is 0 Å². The molecule has 2 fully saturated rings. The van der Waals surface area contributed by atoms with E-state index in [0.717, 1.165) is 5.56 Å². The van der Waals surface area contributed by atoms with E-state index in [4.69, 9.17) is 0 Å². The van der Waals surface area contributed by atoms with Crippen molar-refractivity contribution >= 4 is 10.0 Å². The van der Waals surface area contributed by atoms with Crippen molar-refractivity contribution < 1.29 is 8.42 Å². The summed E-state index contributed by atoms with van der Waals surface area (Å²) in [5.41, 5.74) is 2.41. The van der Waals surface area contributed by atoms with Crippen molar-refractivity contribution in [3.63, 3.8) is 0 Å². The Hall–Kier alpha value is -1.39. The molecule has 4 heteroatoms. The lowest BCUT2D eigenvalue weighted by Gasteiger charge is -2.41. The molecule has 1 aliphatic carbocycles. The van der Waals surface area contributed by atoms with E-state index in [1.807, 2.05) is 32.1 Å². The molecule has 0 spiro atoms. The first-order valence-corrected chi connectivity index (χ1v) is 8.78. The van der Waals surface area contributed by atoms with Crippen molar-refractivity contribution in [2.75, 3.05) is 13.1 Å². The summed E-state index contributed by atoms with van der Waals surface area (Å²) < 4.78 is 27.1. The van der Waals surface area contributed by atoms with Gasteiger partial charge in [-0.25, -0.2) is 8.42 Å². The summed E-state index contributed by atoms with van der Waals surface area (Å²) in [6.07, 6.45) is 4.08. The highest BCUT2D eigenvalue weighted by Gasteiger charge is 2.51. The van der Waals surface area contributed by atoms with Crippen molar-refractivity contribution in [2.24, 2.45) is 17.8 Å². The quantitative estimate of drug-likeness (QED) is 0.805. The molecule has 1 aromatic carbocycles. The minimum atomic E-state index is -3.37. The molecule has 3 atom stereocenters. The average Bonchev–Trinajstić information content (AvgIpc) is 2.82. The second kappa shape index (κ2) is 5.11. The predicted molar refractivity (Wildman–Crippen MR) is 84.4 cm³/mol. The highest BCUT2D eigenvalue weighted by atomic mass is 32.2. The van der Waals surface area contributed by atoms with Gasteiger partial charge < -0.3 is 0 Å². The van der Waals surface area contributed by atoms with E-state index in [2.05, 4.69) is 12.7 Å². The van der Waals surface area contributed by atoms with E-state index in [1.165, 1.54) is 5.57 Å². The number of aryl methyl sites for hydroxylation is 1. The smallest absolute Gasteiger partial charge is 0.207 e. The molecule has 0 unspecified atom stereocenters. The zero-order chi connectivity index (χ0) is 15.2. The van der Waals surface area contributed by atoms with Crippen molar-refractivity contribution in [3.05, 3.63) is 54.1 Å². The first kappa shape index (κ1) is 14.5. The summed E-state index contributed by atoms with van der Waals surface area (Å²) >= 11 is 0. The van der Waals surface area contributed by atoms with Gasteiger partial charge in [-0.05, 0) is 37.8 Å². The van der Waals surface area contributed by atoms with Crippen LogP contribution < -0.4 is 0 Å². The van der Waals surface area contributed by atoms with Crippen molar-refractivity contribution in [3.8, 4) is 0 Å². The Balaban J connectivity index is 1.86. The molecule has 1 heterocycles. The van der Waals surface area contributed by atoms with Crippen LogP contribution >= 0.6 is 0 Å². The van der Waals surface area contributed by atoms with E-state index < -0.39 is 10.0 Å². The second-order valence-corrected chi connectivity index (χ2v) is 7.89. The lowest BCUT2D eigenvalue weighted by Crippen LogP contribution is -2.37. The molecule has 0 amide bonds. The van der Waals surface area contributed by atoms with Crippen LogP contribution in [0.15, 0.2) is 53.5 Å². The van der Waals surface area contributed by atoms with Crippen LogP contribution in [0.1, 0.15) is 12.5 Å². The third kappa shape index (κ3) is 2.17. The molecule has 1 aliphatic heterocycles. The third-order valence-electron chi connectivity index (χ3n) is 4.85. The maximum atomic E-state index is 12.7. The molecule has 0 aromatic heterocycles. The van der Waals surface area contributed by atoms with Gasteiger partial charge in [0.1, 0.15) is 0 Å². The molecule has 0 radical (unpaired) electrons. The summed E-state index contributed by atoms with van der Waals surface area (Å²) in [7, 11) is -3.37. The zero-order valence-electron chi connectivity index (χ0n) is 12.5. The maximum Gasteiger partial charge on any atom is 0.243 e. The summed E-state index contributed by atoms with van der Waals surface area (Å²) in [4.78, 5) is 0.395. The minimum Gasteiger partial charge on any atom is -0.207 e. The number of allylic oxidation sites excluding steroid dienone is 2. The average molecular weight is 303 g/mol. The largest absolute Gasteiger partial charge is 0.243 e. The molecular formula is C17H21NO2S. The Morgan fingerprint density at radius 2 is 1.90 bits per heavy atom. The Morgan fingerprint density at radius 1 is 1.24 bits per heavy atom. The van der Waals surface area contributed by atoms with Crippen LogP contribution in [0.25, 0.3) is 0 Å². The van der Waals surface area contributed by atoms with Crippen molar-refractivity contribution in [1.82, 2.24) is 4.31 Å². The predicted octanol–water partition coefficient (Wildman–Crippen LogP) is 2.99. The van der Waals surface area contributed by atoms with E-state index in [1.54, 1.807) is 16.4 Å². The highest BCUT2D eigenvalue weighted by Crippen LogP contribution is 2.51. The normalized spacial score (nSPS) is 31.0. The molecule has 1 saturated heterocycles. The van der Waals surface area contributed by atoms with Crippen LogP contribution in [0.5, 0.6) is 0 Å². The number of nitrogens with zero attached hydrogens (tertiary/aromatic N) is 1. The molecule has 1 saturated carbocycles. The lowest BCUT2D eigenvalue weighted by atomic mass is 9.62. The van der Waals surface area contributed by atoms with Gasteiger partial charge in [-0.3, -0.25) is 0 Å². The summed E-state index contributed by atoms with van der Waals surface area (Å²) in [5, 5.41) is 0. The molecule has 0 N–H and O–H groups in total. The topological polar surface area (TPSA) is 37.4 Å². The zero-order valence-corrected chi connectivity index (χ0v) is 13.3. The fourth-order valence-corrected chi connectivity index (χ4v) is 5.16. The van der Waals surface area contributed by atoms with Gasteiger partial charge in [-0.1, -0.05) is 35.4 Å². The van der Waals surface area contributed by atoms with Gasteiger partial charge in [0.2, 0.25) is 10.0 Å². The van der Waals surface area contributed by atoms with Crippen LogP contribution in [0.3, 0.4) is 0 Å². The summed E-state index contributed by atoms with van der Waals surface area (Å²) in [6, 6.07) is 7.10. The monoisotopic (exact) mass is 303 g/mol. The van der Waals surface area contributed by atoms with Crippen LogP contribution in [0.2, 0.25) is 0 Å². The third-order valence-corrected chi connectivity index (χ3v) is 6.70. The van der Waals surface area contributed by atoms with Gasteiger partial charge in [-0.15, -0.1) is 6.58 Å². The van der Waals surface area contributed by atoms with E-state index in [9.17, 15) is 8.42 Å².